The van der Waals surface area contributed by atoms with Crippen LogP contribution >= 0.6 is 0 Å². The van der Waals surface area contributed by atoms with Crippen LogP contribution in [0.4, 0.5) is 8.78 Å². The van der Waals surface area contributed by atoms with Crippen LogP contribution in [-0.2, 0) is 9.53 Å². The molecule has 5 rings (SSSR count). The molecule has 0 heterocycles. The summed E-state index contributed by atoms with van der Waals surface area (Å²) < 4.78 is 39.1. The summed E-state index contributed by atoms with van der Waals surface area (Å²) in [7, 11) is 0. The van der Waals surface area contributed by atoms with E-state index in [4.69, 9.17) is 9.47 Å². The van der Waals surface area contributed by atoms with Gasteiger partial charge in [0.05, 0.1) is 5.56 Å². The zero-order valence-electron chi connectivity index (χ0n) is 13.3. The third kappa shape index (κ3) is 1.82. The van der Waals surface area contributed by atoms with E-state index in [0.29, 0.717) is 24.2 Å². The van der Waals surface area contributed by atoms with Crippen LogP contribution in [0.5, 0.6) is 5.75 Å². The van der Waals surface area contributed by atoms with Crippen LogP contribution in [0, 0.1) is 23.2 Å². The molecule has 4 saturated carbocycles. The van der Waals surface area contributed by atoms with Gasteiger partial charge >= 0.3 is 5.97 Å². The number of ketones is 1. The summed E-state index contributed by atoms with van der Waals surface area (Å²) >= 11 is 0. The number of carbonyl (C=O) groups is 2. The first-order valence-corrected chi connectivity index (χ1v) is 8.18. The minimum atomic E-state index is -2.93. The molecule has 4 bridgehead atoms. The van der Waals surface area contributed by atoms with Crippen molar-refractivity contribution in [3.8, 4) is 5.75 Å². The summed E-state index contributed by atoms with van der Waals surface area (Å²) in [5.74, 6) is -4.51. The standard InChI is InChI=1S/C18H18F2O4/c1-10(21)12-4-2-3-5-15(12)23-6-7-24-16(22)17-13-8-11(9-14(13)17)18(17,19)20/h2-5,11,13-14H,6-9H2,1H3. The zero-order chi connectivity index (χ0) is 17.1. The first-order chi connectivity index (χ1) is 11.4. The lowest BCUT2D eigenvalue weighted by atomic mass is 9.99. The summed E-state index contributed by atoms with van der Waals surface area (Å²) in [6, 6.07) is 6.75. The van der Waals surface area contributed by atoms with Crippen LogP contribution in [0.1, 0.15) is 30.1 Å². The molecule has 1 aromatic rings. The molecule has 0 saturated heterocycles. The molecule has 0 amide bonds. The van der Waals surface area contributed by atoms with Gasteiger partial charge in [-0.15, -0.1) is 0 Å². The highest BCUT2D eigenvalue weighted by molar-refractivity contribution is 5.96. The number of rotatable bonds is 6. The number of Topliss-reactive ketones (excluding diaryl/α,β-unsaturated/α-hetero) is 1. The van der Waals surface area contributed by atoms with Gasteiger partial charge in [0, 0.05) is 5.92 Å². The molecule has 0 aromatic heterocycles. The molecule has 2 atom stereocenters. The van der Waals surface area contributed by atoms with Crippen molar-refractivity contribution in [3.05, 3.63) is 29.8 Å². The number of alkyl halides is 2. The predicted molar refractivity (Wildman–Crippen MR) is 80.0 cm³/mol. The van der Waals surface area contributed by atoms with Crippen molar-refractivity contribution in [1.82, 2.24) is 0 Å². The van der Waals surface area contributed by atoms with Crippen molar-refractivity contribution in [2.45, 2.75) is 25.7 Å². The van der Waals surface area contributed by atoms with Crippen molar-refractivity contribution >= 4 is 11.8 Å². The molecule has 4 nitrogen and oxygen atoms in total. The monoisotopic (exact) mass is 336 g/mol. The molecule has 4 aliphatic carbocycles. The molecular formula is C18H18F2O4. The Balaban J connectivity index is 1.33. The maximum Gasteiger partial charge on any atom is 0.318 e. The van der Waals surface area contributed by atoms with Crippen molar-refractivity contribution in [3.63, 3.8) is 0 Å². The third-order valence-electron chi connectivity index (χ3n) is 5.87. The Hall–Kier alpha value is -1.98. The van der Waals surface area contributed by atoms with Crippen LogP contribution in [0.15, 0.2) is 24.3 Å². The predicted octanol–water partition coefficient (Wildman–Crippen LogP) is 3.10. The highest BCUT2D eigenvalue weighted by atomic mass is 19.3. The summed E-state index contributed by atoms with van der Waals surface area (Å²) in [4.78, 5) is 23.7. The lowest BCUT2D eigenvalue weighted by Crippen LogP contribution is -2.37. The second-order valence-corrected chi connectivity index (χ2v) is 6.91. The number of hydrogen-bond donors (Lipinski definition) is 0. The quantitative estimate of drug-likeness (QED) is 0.455. The summed E-state index contributed by atoms with van der Waals surface area (Å²) in [6.07, 6.45) is 0.879. The van der Waals surface area contributed by atoms with E-state index in [1.165, 1.54) is 6.92 Å². The van der Waals surface area contributed by atoms with Gasteiger partial charge in [-0.2, -0.15) is 0 Å². The minimum absolute atomic E-state index is 0.0243. The van der Waals surface area contributed by atoms with E-state index in [-0.39, 0.29) is 30.8 Å². The maximum atomic E-state index is 14.3. The molecule has 6 heteroatoms. The van der Waals surface area contributed by atoms with Gasteiger partial charge in [0.15, 0.2) is 5.78 Å². The van der Waals surface area contributed by atoms with Gasteiger partial charge in [-0.1, -0.05) is 12.1 Å². The largest absolute Gasteiger partial charge is 0.489 e. The van der Waals surface area contributed by atoms with Gasteiger partial charge in [0.25, 0.3) is 5.92 Å². The highest BCUT2D eigenvalue weighted by Crippen LogP contribution is 2.84. The van der Waals surface area contributed by atoms with Gasteiger partial charge < -0.3 is 9.47 Å². The van der Waals surface area contributed by atoms with Crippen LogP contribution in [0.3, 0.4) is 0 Å². The molecule has 1 aromatic carbocycles. The second kappa shape index (κ2) is 5.01. The normalized spacial score (nSPS) is 34.0. The molecule has 24 heavy (non-hydrogen) atoms. The Morgan fingerprint density at radius 2 is 1.83 bits per heavy atom. The molecule has 4 fully saturated rings. The van der Waals surface area contributed by atoms with Gasteiger partial charge in [0.1, 0.15) is 24.4 Å². The second-order valence-electron chi connectivity index (χ2n) is 6.91. The van der Waals surface area contributed by atoms with Crippen molar-refractivity contribution in [1.29, 1.82) is 0 Å². The van der Waals surface area contributed by atoms with E-state index in [1.807, 2.05) is 0 Å². The SMILES string of the molecule is CC(=O)c1ccccc1OCCOC(=O)C12C3CC(CC31)C2(F)F. The first-order valence-electron chi connectivity index (χ1n) is 8.18. The van der Waals surface area contributed by atoms with Crippen molar-refractivity contribution < 1.29 is 27.8 Å². The number of halogens is 2. The zero-order valence-corrected chi connectivity index (χ0v) is 13.3. The fourth-order valence-corrected chi connectivity index (χ4v) is 4.80. The average Bonchev–Trinajstić information content (AvgIpc) is 2.80. The number of carbonyl (C=O) groups excluding carboxylic acids is 2. The van der Waals surface area contributed by atoms with Crippen LogP contribution in [0.25, 0.3) is 0 Å². The van der Waals surface area contributed by atoms with E-state index < -0.39 is 23.2 Å². The number of para-hydroxylation sites is 1. The lowest BCUT2D eigenvalue weighted by molar-refractivity contribution is -0.168. The molecule has 0 spiro atoms. The first kappa shape index (κ1) is 15.5. The van der Waals surface area contributed by atoms with Crippen LogP contribution in [-0.4, -0.2) is 30.9 Å². The Bertz CT molecular complexity index is 703. The minimum Gasteiger partial charge on any atom is -0.489 e. The van der Waals surface area contributed by atoms with Gasteiger partial charge in [0.2, 0.25) is 0 Å². The lowest BCUT2D eigenvalue weighted by Gasteiger charge is -2.21. The van der Waals surface area contributed by atoms with Gasteiger partial charge in [-0.25, -0.2) is 8.78 Å². The fraction of sp³-hybridized carbons (Fsp3) is 0.556. The molecule has 4 aliphatic rings. The number of benzene rings is 1. The van der Waals surface area contributed by atoms with Crippen molar-refractivity contribution in [2.24, 2.45) is 23.2 Å². The molecule has 2 unspecified atom stereocenters. The van der Waals surface area contributed by atoms with Gasteiger partial charge in [-0.3, -0.25) is 9.59 Å². The summed E-state index contributed by atoms with van der Waals surface area (Å²) in [6.45, 7) is 1.35. The number of esters is 1. The Morgan fingerprint density at radius 3 is 2.42 bits per heavy atom. The number of hydrogen-bond acceptors (Lipinski definition) is 4. The molecular weight excluding hydrogens is 318 g/mol. The molecule has 0 aliphatic heterocycles. The van der Waals surface area contributed by atoms with E-state index in [9.17, 15) is 18.4 Å². The van der Waals surface area contributed by atoms with Crippen LogP contribution in [0.2, 0.25) is 0 Å². The van der Waals surface area contributed by atoms with Crippen molar-refractivity contribution in [2.75, 3.05) is 13.2 Å². The van der Waals surface area contributed by atoms with E-state index >= 15 is 0 Å². The summed E-state index contributed by atoms with van der Waals surface area (Å²) in [5.41, 5.74) is -1.12. The molecule has 0 N–H and O–H groups in total. The third-order valence-corrected chi connectivity index (χ3v) is 5.87. The smallest absolute Gasteiger partial charge is 0.318 e. The average molecular weight is 336 g/mol. The fourth-order valence-electron chi connectivity index (χ4n) is 4.80. The topological polar surface area (TPSA) is 52.6 Å². The Kier molecular flexibility index (Phi) is 3.24. The maximum absolute atomic E-state index is 14.3. The van der Waals surface area contributed by atoms with Gasteiger partial charge in [-0.05, 0) is 43.7 Å². The molecule has 0 radical (unpaired) electrons. The Labute approximate surface area is 138 Å². The van der Waals surface area contributed by atoms with E-state index in [2.05, 4.69) is 0 Å². The van der Waals surface area contributed by atoms with Crippen LogP contribution < -0.4 is 4.74 Å². The van der Waals surface area contributed by atoms with E-state index in [0.717, 1.165) is 0 Å². The molecule has 128 valence electrons. The number of ether oxygens (including phenoxy) is 2. The summed E-state index contributed by atoms with van der Waals surface area (Å²) in [5, 5.41) is 0. The van der Waals surface area contributed by atoms with E-state index in [1.54, 1.807) is 24.3 Å². The highest BCUT2D eigenvalue weighted by Gasteiger charge is 2.92. The Morgan fingerprint density at radius 1 is 1.17 bits per heavy atom.